The Morgan fingerprint density at radius 1 is 1.40 bits per heavy atom. The summed E-state index contributed by atoms with van der Waals surface area (Å²) in [6, 6.07) is 9.60. The second-order valence-corrected chi connectivity index (χ2v) is 4.19. The second kappa shape index (κ2) is 4.13. The first-order valence-corrected chi connectivity index (χ1v) is 5.17. The maximum Gasteiger partial charge on any atom is 0.127 e. The van der Waals surface area contributed by atoms with Crippen LogP contribution in [-0.2, 0) is 4.79 Å². The van der Waals surface area contributed by atoms with Crippen molar-refractivity contribution in [1.82, 2.24) is 5.32 Å². The van der Waals surface area contributed by atoms with Gasteiger partial charge in [-0.2, -0.15) is 0 Å². The molecule has 0 bridgehead atoms. The molecule has 80 valence electrons. The van der Waals surface area contributed by atoms with E-state index in [1.807, 2.05) is 30.3 Å². The number of aliphatic hydroxyl groups is 1. The summed E-state index contributed by atoms with van der Waals surface area (Å²) in [5.41, 5.74) is 0.286. The highest BCUT2D eigenvalue weighted by atomic mass is 16.3. The normalized spacial score (nSPS) is 20.3. The zero-order chi connectivity index (χ0) is 10.7. The lowest BCUT2D eigenvalue weighted by molar-refractivity contribution is -0.111. The third-order valence-corrected chi connectivity index (χ3v) is 2.90. The van der Waals surface area contributed by atoms with Gasteiger partial charge in [-0.25, -0.2) is 0 Å². The Morgan fingerprint density at radius 2 is 2.07 bits per heavy atom. The molecule has 1 atom stereocenters. The molecule has 0 aliphatic carbocycles. The monoisotopic (exact) mass is 205 g/mol. The van der Waals surface area contributed by atoms with Crippen LogP contribution < -0.4 is 5.32 Å². The molecule has 3 heteroatoms. The van der Waals surface area contributed by atoms with Crippen molar-refractivity contribution in [3.8, 4) is 0 Å². The van der Waals surface area contributed by atoms with E-state index in [9.17, 15) is 9.90 Å². The van der Waals surface area contributed by atoms with E-state index in [1.165, 1.54) is 0 Å². The van der Waals surface area contributed by atoms with Crippen molar-refractivity contribution in [2.45, 2.75) is 17.9 Å². The number of nitrogens with one attached hydrogen (secondary N) is 1. The van der Waals surface area contributed by atoms with Crippen LogP contribution in [0.3, 0.4) is 0 Å². The van der Waals surface area contributed by atoms with Crippen LogP contribution >= 0.6 is 0 Å². The van der Waals surface area contributed by atoms with Crippen molar-refractivity contribution in [2.24, 2.45) is 0 Å². The number of aldehydes is 1. The molecule has 3 nitrogen and oxygen atoms in total. The van der Waals surface area contributed by atoms with Crippen LogP contribution in [0.1, 0.15) is 17.9 Å². The highest BCUT2D eigenvalue weighted by Gasteiger charge is 2.36. The fourth-order valence-corrected chi connectivity index (χ4v) is 1.91. The van der Waals surface area contributed by atoms with Crippen LogP contribution in [0.25, 0.3) is 0 Å². The van der Waals surface area contributed by atoms with Gasteiger partial charge in [-0.1, -0.05) is 30.3 Å². The van der Waals surface area contributed by atoms with Gasteiger partial charge in [0.05, 0.1) is 5.60 Å². The van der Waals surface area contributed by atoms with Crippen molar-refractivity contribution in [3.63, 3.8) is 0 Å². The average molecular weight is 205 g/mol. The third kappa shape index (κ3) is 2.25. The Kier molecular flexibility index (Phi) is 2.84. The van der Waals surface area contributed by atoms with Crippen molar-refractivity contribution in [1.29, 1.82) is 0 Å². The first-order chi connectivity index (χ1) is 7.23. The minimum absolute atomic E-state index is 0.196. The first kappa shape index (κ1) is 10.3. The molecule has 0 amide bonds. The van der Waals surface area contributed by atoms with Gasteiger partial charge in [-0.05, 0) is 12.0 Å². The molecule has 1 aromatic carbocycles. The molecule has 1 unspecified atom stereocenters. The Hall–Kier alpha value is -1.19. The summed E-state index contributed by atoms with van der Waals surface area (Å²) in [4.78, 5) is 11.0. The number of β-amino-alcohol motifs (C(OH)–C–C–N with tert-alkyl or cyclic N) is 1. The van der Waals surface area contributed by atoms with Crippen molar-refractivity contribution < 1.29 is 9.90 Å². The summed E-state index contributed by atoms with van der Waals surface area (Å²) in [5.74, 6) is -0.196. The zero-order valence-electron chi connectivity index (χ0n) is 8.52. The van der Waals surface area contributed by atoms with E-state index in [-0.39, 0.29) is 5.92 Å². The van der Waals surface area contributed by atoms with E-state index < -0.39 is 5.60 Å². The minimum Gasteiger partial charge on any atom is -0.387 e. The Bertz CT molecular complexity index is 333. The quantitative estimate of drug-likeness (QED) is 0.711. The van der Waals surface area contributed by atoms with Gasteiger partial charge in [0.2, 0.25) is 0 Å². The standard InChI is InChI=1S/C12H15NO2/c14-7-11(6-12(15)8-13-9-12)10-4-2-1-3-5-10/h1-5,7,11,13,15H,6,8-9H2. The van der Waals surface area contributed by atoms with Crippen molar-refractivity contribution in [2.75, 3.05) is 13.1 Å². The van der Waals surface area contributed by atoms with Crippen LogP contribution in [0.15, 0.2) is 30.3 Å². The van der Waals surface area contributed by atoms with Crippen molar-refractivity contribution in [3.05, 3.63) is 35.9 Å². The molecule has 1 fully saturated rings. The SMILES string of the molecule is O=CC(CC1(O)CNC1)c1ccccc1. The fourth-order valence-electron chi connectivity index (χ4n) is 1.91. The first-order valence-electron chi connectivity index (χ1n) is 5.17. The maximum atomic E-state index is 11.0. The van der Waals surface area contributed by atoms with E-state index >= 15 is 0 Å². The molecule has 0 spiro atoms. The lowest BCUT2D eigenvalue weighted by Gasteiger charge is -2.39. The van der Waals surface area contributed by atoms with Gasteiger partial charge < -0.3 is 15.2 Å². The molecular weight excluding hydrogens is 190 g/mol. The highest BCUT2D eigenvalue weighted by Crippen LogP contribution is 2.26. The topological polar surface area (TPSA) is 49.3 Å². The molecule has 1 saturated heterocycles. The fraction of sp³-hybridized carbons (Fsp3) is 0.417. The molecule has 0 aromatic heterocycles. The number of hydrogen-bond acceptors (Lipinski definition) is 3. The molecule has 0 radical (unpaired) electrons. The summed E-state index contributed by atoms with van der Waals surface area (Å²) < 4.78 is 0. The van der Waals surface area contributed by atoms with Gasteiger partial charge in [0.15, 0.2) is 0 Å². The molecule has 1 aliphatic rings. The Labute approximate surface area is 89.1 Å². The molecule has 1 aliphatic heterocycles. The zero-order valence-corrected chi connectivity index (χ0v) is 8.52. The molecule has 1 aromatic rings. The molecule has 1 heterocycles. The van der Waals surface area contributed by atoms with Gasteiger partial charge in [0, 0.05) is 19.0 Å². The van der Waals surface area contributed by atoms with Crippen LogP contribution in [0.5, 0.6) is 0 Å². The van der Waals surface area contributed by atoms with Gasteiger partial charge >= 0.3 is 0 Å². The van der Waals surface area contributed by atoms with E-state index in [4.69, 9.17) is 0 Å². The Morgan fingerprint density at radius 3 is 2.53 bits per heavy atom. The number of carbonyl (C=O) groups is 1. The van der Waals surface area contributed by atoms with Gasteiger partial charge in [-0.3, -0.25) is 0 Å². The van der Waals surface area contributed by atoms with Crippen LogP contribution in [0, 0.1) is 0 Å². The van der Waals surface area contributed by atoms with Crippen molar-refractivity contribution >= 4 is 6.29 Å². The summed E-state index contributed by atoms with van der Waals surface area (Å²) in [6.07, 6.45) is 1.43. The maximum absolute atomic E-state index is 11.0. The van der Waals surface area contributed by atoms with Crippen LogP contribution in [-0.4, -0.2) is 30.1 Å². The summed E-state index contributed by atoms with van der Waals surface area (Å²) in [7, 11) is 0. The summed E-state index contributed by atoms with van der Waals surface area (Å²) in [6.45, 7) is 1.17. The van der Waals surface area contributed by atoms with E-state index in [0.29, 0.717) is 19.5 Å². The van der Waals surface area contributed by atoms with E-state index in [1.54, 1.807) is 0 Å². The van der Waals surface area contributed by atoms with Crippen LogP contribution in [0.2, 0.25) is 0 Å². The third-order valence-electron chi connectivity index (χ3n) is 2.90. The van der Waals surface area contributed by atoms with Gasteiger partial charge in [-0.15, -0.1) is 0 Å². The molecule has 15 heavy (non-hydrogen) atoms. The largest absolute Gasteiger partial charge is 0.387 e. The lowest BCUT2D eigenvalue weighted by atomic mass is 9.83. The Balaban J connectivity index is 2.08. The number of carbonyl (C=O) groups excluding carboxylic acids is 1. The smallest absolute Gasteiger partial charge is 0.127 e. The number of benzene rings is 1. The minimum atomic E-state index is -0.693. The molecular formula is C12H15NO2. The molecule has 2 rings (SSSR count). The van der Waals surface area contributed by atoms with Crippen LogP contribution in [0.4, 0.5) is 0 Å². The summed E-state index contributed by atoms with van der Waals surface area (Å²) >= 11 is 0. The predicted octanol–water partition coefficient (Wildman–Crippen LogP) is 0.693. The number of hydrogen-bond donors (Lipinski definition) is 2. The van der Waals surface area contributed by atoms with Gasteiger partial charge in [0.1, 0.15) is 6.29 Å². The highest BCUT2D eigenvalue weighted by molar-refractivity contribution is 5.62. The van der Waals surface area contributed by atoms with Gasteiger partial charge in [0.25, 0.3) is 0 Å². The summed E-state index contributed by atoms with van der Waals surface area (Å²) in [5, 5.41) is 13.0. The average Bonchev–Trinajstić information content (AvgIpc) is 2.25. The van der Waals surface area contributed by atoms with E-state index in [2.05, 4.69) is 5.32 Å². The molecule has 2 N–H and O–H groups in total. The number of rotatable bonds is 4. The second-order valence-electron chi connectivity index (χ2n) is 4.19. The lowest BCUT2D eigenvalue weighted by Crippen LogP contribution is -2.60. The predicted molar refractivity (Wildman–Crippen MR) is 57.7 cm³/mol. The van der Waals surface area contributed by atoms with E-state index in [0.717, 1.165) is 11.8 Å². The molecule has 0 saturated carbocycles.